The molecule has 5 aromatic carbocycles. The van der Waals surface area contributed by atoms with Gasteiger partial charge in [0.25, 0.3) is 0 Å². The van der Waals surface area contributed by atoms with Crippen molar-refractivity contribution < 1.29 is 0 Å². The van der Waals surface area contributed by atoms with Crippen LogP contribution in [0.3, 0.4) is 0 Å². The van der Waals surface area contributed by atoms with Gasteiger partial charge in [0.2, 0.25) is 0 Å². The number of hydrogen-bond acceptors (Lipinski definition) is 10. The van der Waals surface area contributed by atoms with Crippen molar-refractivity contribution in [3.8, 4) is 85.8 Å². The van der Waals surface area contributed by atoms with Gasteiger partial charge in [0.15, 0.2) is 40.8 Å². The molecule has 3 aromatic heterocycles. The fourth-order valence-electron chi connectivity index (χ4n) is 5.71. The maximum atomic E-state index is 9.40. The van der Waals surface area contributed by atoms with E-state index in [9.17, 15) is 5.26 Å². The molecule has 0 aliphatic rings. The monoisotopic (exact) mass is 672 g/mol. The van der Waals surface area contributed by atoms with Crippen LogP contribution in [-0.4, -0.2) is 44.9 Å². The lowest BCUT2D eigenvalue weighted by atomic mass is 10.0. The molecule has 8 rings (SSSR count). The molecule has 0 fully saturated rings. The van der Waals surface area contributed by atoms with Gasteiger partial charge in [-0.25, -0.2) is 44.9 Å². The standard InChI is InChI=1S/C42H28N10/c1-26-44-36(29-12-6-3-7-13-29)48-40(46-26)33-22-34(41-47-27(2)45-37(49-41)30-14-8-4-9-15-30)24-35(23-33)42-51-38(31-16-10-5-11-17-31)50-39(52-42)32-20-18-28(25-43)19-21-32/h3-24H,1-2H3. The van der Waals surface area contributed by atoms with Crippen molar-refractivity contribution in [3.05, 3.63) is 151 Å². The Morgan fingerprint density at radius 1 is 0.327 bits per heavy atom. The van der Waals surface area contributed by atoms with E-state index < -0.39 is 0 Å². The van der Waals surface area contributed by atoms with Crippen molar-refractivity contribution in [1.29, 1.82) is 5.26 Å². The number of nitriles is 1. The van der Waals surface area contributed by atoms with Crippen LogP contribution in [0.4, 0.5) is 0 Å². The quantitative estimate of drug-likeness (QED) is 0.162. The highest BCUT2D eigenvalue weighted by Gasteiger charge is 2.18. The molecule has 0 aliphatic carbocycles. The zero-order valence-electron chi connectivity index (χ0n) is 28.2. The van der Waals surface area contributed by atoms with Gasteiger partial charge in [0, 0.05) is 38.9 Å². The Balaban J connectivity index is 1.36. The third kappa shape index (κ3) is 6.75. The highest BCUT2D eigenvalue weighted by atomic mass is 15.1. The second kappa shape index (κ2) is 13.9. The molecule has 0 spiro atoms. The smallest absolute Gasteiger partial charge is 0.164 e. The molecule has 0 amide bonds. The Labute approximate surface area is 299 Å². The van der Waals surface area contributed by atoms with E-state index in [1.54, 1.807) is 12.1 Å². The number of benzene rings is 5. The zero-order valence-corrected chi connectivity index (χ0v) is 28.2. The first-order chi connectivity index (χ1) is 25.5. The number of rotatable bonds is 7. The summed E-state index contributed by atoms with van der Waals surface area (Å²) in [4.78, 5) is 43.5. The molecular weight excluding hydrogens is 645 g/mol. The van der Waals surface area contributed by atoms with Crippen LogP contribution in [0.25, 0.3) is 79.7 Å². The van der Waals surface area contributed by atoms with Gasteiger partial charge in [-0.2, -0.15) is 5.26 Å². The SMILES string of the molecule is Cc1nc(-c2ccccc2)nc(-c2cc(-c3nc(C)nc(-c4ccccc4)n3)cc(-c3nc(-c4ccccc4)nc(-c4ccc(C#N)cc4)n3)c2)n1. The van der Waals surface area contributed by atoms with Crippen LogP contribution in [-0.2, 0) is 0 Å². The van der Waals surface area contributed by atoms with Crippen molar-refractivity contribution in [2.45, 2.75) is 13.8 Å². The molecule has 3 heterocycles. The van der Waals surface area contributed by atoms with E-state index in [1.807, 2.05) is 135 Å². The summed E-state index contributed by atoms with van der Waals surface area (Å²) in [7, 11) is 0. The summed E-state index contributed by atoms with van der Waals surface area (Å²) in [6, 6.07) is 44.6. The van der Waals surface area contributed by atoms with Crippen molar-refractivity contribution in [2.24, 2.45) is 0 Å². The van der Waals surface area contributed by atoms with Gasteiger partial charge >= 0.3 is 0 Å². The third-order valence-electron chi connectivity index (χ3n) is 8.21. The Morgan fingerprint density at radius 3 is 0.923 bits per heavy atom. The topological polar surface area (TPSA) is 140 Å². The summed E-state index contributed by atoms with van der Waals surface area (Å²) >= 11 is 0. The summed E-state index contributed by atoms with van der Waals surface area (Å²) in [5, 5.41) is 9.40. The molecule has 0 aliphatic heterocycles. The van der Waals surface area contributed by atoms with E-state index in [0.717, 1.165) is 22.3 Å². The van der Waals surface area contributed by atoms with E-state index >= 15 is 0 Å². The largest absolute Gasteiger partial charge is 0.213 e. The highest BCUT2D eigenvalue weighted by molar-refractivity contribution is 5.77. The van der Waals surface area contributed by atoms with Crippen LogP contribution in [0.1, 0.15) is 17.2 Å². The molecular formula is C42H28N10. The summed E-state index contributed by atoms with van der Waals surface area (Å²) in [6.07, 6.45) is 0. The van der Waals surface area contributed by atoms with Crippen LogP contribution in [0.2, 0.25) is 0 Å². The van der Waals surface area contributed by atoms with Crippen LogP contribution in [0, 0.1) is 25.2 Å². The van der Waals surface area contributed by atoms with Crippen molar-refractivity contribution in [1.82, 2.24) is 44.9 Å². The van der Waals surface area contributed by atoms with Gasteiger partial charge in [0.1, 0.15) is 11.6 Å². The number of nitrogens with zero attached hydrogens (tertiary/aromatic N) is 10. The van der Waals surface area contributed by atoms with Gasteiger partial charge in [-0.05, 0) is 56.3 Å². The normalized spacial score (nSPS) is 10.9. The van der Waals surface area contributed by atoms with E-state index in [-0.39, 0.29) is 0 Å². The van der Waals surface area contributed by atoms with E-state index in [2.05, 4.69) is 16.0 Å². The second-order valence-electron chi connectivity index (χ2n) is 12.0. The highest BCUT2D eigenvalue weighted by Crippen LogP contribution is 2.33. The Hall–Kier alpha value is -7.38. The first kappa shape index (κ1) is 31.9. The first-order valence-corrected chi connectivity index (χ1v) is 16.5. The summed E-state index contributed by atoms with van der Waals surface area (Å²) in [6.45, 7) is 3.71. The average Bonchev–Trinajstić information content (AvgIpc) is 3.21. The molecule has 246 valence electrons. The molecule has 0 atom stereocenters. The van der Waals surface area contributed by atoms with Crippen LogP contribution >= 0.6 is 0 Å². The Kier molecular flexibility index (Phi) is 8.49. The van der Waals surface area contributed by atoms with Crippen molar-refractivity contribution in [2.75, 3.05) is 0 Å². The Morgan fingerprint density at radius 2 is 0.596 bits per heavy atom. The van der Waals surface area contributed by atoms with Gasteiger partial charge in [-0.1, -0.05) is 91.0 Å². The van der Waals surface area contributed by atoms with Gasteiger partial charge < -0.3 is 0 Å². The minimum atomic E-state index is 0.430. The molecule has 10 nitrogen and oxygen atoms in total. The lowest BCUT2D eigenvalue weighted by molar-refractivity contribution is 0.987. The fraction of sp³-hybridized carbons (Fsp3) is 0.0476. The van der Waals surface area contributed by atoms with Crippen molar-refractivity contribution >= 4 is 0 Å². The minimum absolute atomic E-state index is 0.430. The molecule has 8 aromatic rings. The Bertz CT molecular complexity index is 2480. The first-order valence-electron chi connectivity index (χ1n) is 16.5. The fourth-order valence-corrected chi connectivity index (χ4v) is 5.71. The molecule has 0 saturated carbocycles. The number of aromatic nitrogens is 9. The molecule has 0 bridgehead atoms. The second-order valence-corrected chi connectivity index (χ2v) is 12.0. The van der Waals surface area contributed by atoms with E-state index in [4.69, 9.17) is 34.9 Å². The third-order valence-corrected chi connectivity index (χ3v) is 8.21. The van der Waals surface area contributed by atoms with E-state index in [0.29, 0.717) is 74.7 Å². The molecule has 10 heteroatoms. The van der Waals surface area contributed by atoms with Gasteiger partial charge in [0.05, 0.1) is 11.6 Å². The van der Waals surface area contributed by atoms with Crippen LogP contribution in [0.15, 0.2) is 133 Å². The lowest BCUT2D eigenvalue weighted by Crippen LogP contribution is -2.03. The predicted octanol–water partition coefficient (Wildman–Crippen LogP) is 8.40. The summed E-state index contributed by atoms with van der Waals surface area (Å²) in [5.41, 5.74) is 5.97. The lowest BCUT2D eigenvalue weighted by Gasteiger charge is -2.12. The average molecular weight is 673 g/mol. The minimum Gasteiger partial charge on any atom is -0.213 e. The molecule has 0 saturated heterocycles. The van der Waals surface area contributed by atoms with Gasteiger partial charge in [-0.15, -0.1) is 0 Å². The van der Waals surface area contributed by atoms with Gasteiger partial charge in [-0.3, -0.25) is 0 Å². The van der Waals surface area contributed by atoms with Crippen LogP contribution in [0.5, 0.6) is 0 Å². The molecule has 0 unspecified atom stereocenters. The predicted molar refractivity (Wildman–Crippen MR) is 199 cm³/mol. The van der Waals surface area contributed by atoms with E-state index in [1.165, 1.54) is 0 Å². The van der Waals surface area contributed by atoms with Crippen LogP contribution < -0.4 is 0 Å². The van der Waals surface area contributed by atoms with Crippen molar-refractivity contribution in [3.63, 3.8) is 0 Å². The zero-order chi connectivity index (χ0) is 35.4. The maximum Gasteiger partial charge on any atom is 0.164 e. The number of hydrogen-bond donors (Lipinski definition) is 0. The summed E-state index contributed by atoms with van der Waals surface area (Å²) in [5.74, 6) is 4.63. The maximum absolute atomic E-state index is 9.40. The molecule has 0 radical (unpaired) electrons. The molecule has 0 N–H and O–H groups in total. The summed E-state index contributed by atoms with van der Waals surface area (Å²) < 4.78 is 0. The number of aryl methyl sites for hydroxylation is 2. The molecule has 52 heavy (non-hydrogen) atoms.